The van der Waals surface area contributed by atoms with Crippen molar-refractivity contribution in [1.29, 1.82) is 0 Å². The van der Waals surface area contributed by atoms with Gasteiger partial charge in [0.1, 0.15) is 11.6 Å². The van der Waals surface area contributed by atoms with E-state index in [-0.39, 0.29) is 29.4 Å². The molecule has 0 atom stereocenters. The molecule has 0 aliphatic carbocycles. The number of carbonyl (C=O) groups is 2. The topological polar surface area (TPSA) is 118 Å². The first-order chi connectivity index (χ1) is 18.4. The van der Waals surface area contributed by atoms with E-state index >= 15 is 0 Å². The second-order valence-corrected chi connectivity index (χ2v) is 9.20. The van der Waals surface area contributed by atoms with E-state index in [1.54, 1.807) is 54.2 Å². The zero-order valence-electron chi connectivity index (χ0n) is 21.1. The molecular weight excluding hydrogens is 487 g/mol. The first kappa shape index (κ1) is 25.0. The monoisotopic (exact) mass is 514 g/mol. The molecule has 38 heavy (non-hydrogen) atoms. The van der Waals surface area contributed by atoms with Crippen LogP contribution < -0.4 is 15.5 Å². The van der Waals surface area contributed by atoms with Crippen LogP contribution in [0.5, 0.6) is 0 Å². The number of nitrogens with one attached hydrogen (secondary N) is 2. The zero-order chi connectivity index (χ0) is 26.6. The largest absolute Gasteiger partial charge is 0.355 e. The summed E-state index contributed by atoms with van der Waals surface area (Å²) in [6.45, 7) is 3.23. The Balaban J connectivity index is 1.12. The first-order valence-electron chi connectivity index (χ1n) is 12.3. The fourth-order valence-electron chi connectivity index (χ4n) is 4.39. The highest BCUT2D eigenvalue weighted by molar-refractivity contribution is 6.02. The Hall–Kier alpha value is -4.67. The number of pyridine rings is 1. The lowest BCUT2D eigenvalue weighted by atomic mass is 10.0. The second kappa shape index (κ2) is 10.8. The van der Waals surface area contributed by atoms with Gasteiger partial charge in [-0.2, -0.15) is 5.10 Å². The number of amides is 2. The van der Waals surface area contributed by atoms with Gasteiger partial charge in [0.05, 0.1) is 17.0 Å². The van der Waals surface area contributed by atoms with Gasteiger partial charge in [-0.05, 0) is 56.2 Å². The molecule has 10 nitrogen and oxygen atoms in total. The smallest absolute Gasteiger partial charge is 0.277 e. The standard InChI is InChI=1S/C27H27FN8O2/c1-17-14-25(35(2)34-17)31-27(38)23-8-9-24(33-32-23)36-12-10-21(11-13-36)30-26(37)19-6-7-22(29-16-19)18-4-3-5-20(28)15-18/h3-9,14-16,21H,10-13H2,1-2H3,(H,30,37)(H,31,38). The van der Waals surface area contributed by atoms with Gasteiger partial charge in [0, 0.05) is 44.0 Å². The SMILES string of the molecule is Cc1cc(NC(=O)c2ccc(N3CCC(NC(=O)c4ccc(-c5cccc(F)c5)nc4)CC3)nn2)n(C)n1. The van der Waals surface area contributed by atoms with Gasteiger partial charge in [0.2, 0.25) is 0 Å². The van der Waals surface area contributed by atoms with Crippen molar-refractivity contribution in [1.82, 2.24) is 30.3 Å². The molecule has 3 aromatic heterocycles. The van der Waals surface area contributed by atoms with Crippen molar-refractivity contribution in [2.24, 2.45) is 7.05 Å². The van der Waals surface area contributed by atoms with E-state index < -0.39 is 0 Å². The van der Waals surface area contributed by atoms with Crippen LogP contribution in [0.3, 0.4) is 0 Å². The molecule has 0 bridgehead atoms. The average molecular weight is 515 g/mol. The Morgan fingerprint density at radius 1 is 1.00 bits per heavy atom. The molecule has 4 aromatic rings. The Labute approximate surface area is 218 Å². The number of hydrogen-bond acceptors (Lipinski definition) is 7. The number of nitrogens with zero attached hydrogens (tertiary/aromatic N) is 6. The van der Waals surface area contributed by atoms with Crippen LogP contribution >= 0.6 is 0 Å². The number of piperidine rings is 1. The van der Waals surface area contributed by atoms with Crippen molar-refractivity contribution in [3.05, 3.63) is 83.6 Å². The van der Waals surface area contributed by atoms with E-state index in [0.29, 0.717) is 41.5 Å². The summed E-state index contributed by atoms with van der Waals surface area (Å²) in [5.74, 6) is 0.383. The molecule has 2 N–H and O–H groups in total. The van der Waals surface area contributed by atoms with Crippen molar-refractivity contribution in [3.8, 4) is 11.3 Å². The average Bonchev–Trinajstić information content (AvgIpc) is 3.25. The molecule has 0 spiro atoms. The Morgan fingerprint density at radius 3 is 2.45 bits per heavy atom. The Kier molecular flexibility index (Phi) is 7.07. The van der Waals surface area contributed by atoms with Gasteiger partial charge in [-0.3, -0.25) is 19.3 Å². The molecule has 11 heteroatoms. The number of rotatable bonds is 6. The molecule has 5 rings (SSSR count). The van der Waals surface area contributed by atoms with Crippen LogP contribution in [0, 0.1) is 12.7 Å². The molecule has 0 saturated carbocycles. The minimum absolute atomic E-state index is 0.0157. The second-order valence-electron chi connectivity index (χ2n) is 9.20. The number of aromatic nitrogens is 5. The van der Waals surface area contributed by atoms with Crippen LogP contribution in [0.4, 0.5) is 16.0 Å². The van der Waals surface area contributed by atoms with E-state index in [1.807, 2.05) is 6.92 Å². The summed E-state index contributed by atoms with van der Waals surface area (Å²) in [5.41, 5.74) is 2.73. The predicted octanol–water partition coefficient (Wildman–Crippen LogP) is 3.37. The van der Waals surface area contributed by atoms with Crippen LogP contribution in [0.25, 0.3) is 11.3 Å². The highest BCUT2D eigenvalue weighted by Gasteiger charge is 2.23. The minimum Gasteiger partial charge on any atom is -0.355 e. The predicted molar refractivity (Wildman–Crippen MR) is 140 cm³/mol. The number of benzene rings is 1. The van der Waals surface area contributed by atoms with Gasteiger partial charge in [0.25, 0.3) is 11.8 Å². The van der Waals surface area contributed by atoms with Crippen LogP contribution in [0.2, 0.25) is 0 Å². The van der Waals surface area contributed by atoms with Crippen molar-refractivity contribution in [3.63, 3.8) is 0 Å². The summed E-state index contributed by atoms with van der Waals surface area (Å²) in [5, 5.41) is 18.4. The first-order valence-corrected chi connectivity index (χ1v) is 12.3. The van der Waals surface area contributed by atoms with Crippen LogP contribution in [0.1, 0.15) is 39.4 Å². The third-order valence-electron chi connectivity index (χ3n) is 6.43. The van der Waals surface area contributed by atoms with Crippen LogP contribution in [0.15, 0.2) is 60.8 Å². The van der Waals surface area contributed by atoms with Gasteiger partial charge in [0.15, 0.2) is 11.5 Å². The van der Waals surface area contributed by atoms with E-state index in [2.05, 4.69) is 35.8 Å². The van der Waals surface area contributed by atoms with Crippen molar-refractivity contribution >= 4 is 23.5 Å². The maximum atomic E-state index is 13.5. The van der Waals surface area contributed by atoms with Crippen LogP contribution in [-0.4, -0.2) is 55.9 Å². The Morgan fingerprint density at radius 2 is 1.82 bits per heavy atom. The van der Waals surface area contributed by atoms with Gasteiger partial charge in [-0.25, -0.2) is 4.39 Å². The van der Waals surface area contributed by atoms with Gasteiger partial charge >= 0.3 is 0 Å². The van der Waals surface area contributed by atoms with E-state index in [9.17, 15) is 14.0 Å². The minimum atomic E-state index is -0.355. The maximum Gasteiger partial charge on any atom is 0.277 e. The third-order valence-corrected chi connectivity index (χ3v) is 6.43. The molecule has 1 fully saturated rings. The zero-order valence-corrected chi connectivity index (χ0v) is 21.1. The molecule has 4 heterocycles. The third kappa shape index (κ3) is 5.66. The number of aryl methyl sites for hydroxylation is 2. The maximum absolute atomic E-state index is 13.5. The molecule has 194 valence electrons. The fourth-order valence-corrected chi connectivity index (χ4v) is 4.39. The highest BCUT2D eigenvalue weighted by Crippen LogP contribution is 2.20. The molecule has 0 radical (unpaired) electrons. The fraction of sp³-hybridized carbons (Fsp3) is 0.259. The number of carbonyl (C=O) groups excluding carboxylic acids is 2. The molecule has 0 unspecified atom stereocenters. The Bertz CT molecular complexity index is 1440. The molecule has 1 aromatic carbocycles. The van der Waals surface area contributed by atoms with Crippen molar-refractivity contribution in [2.75, 3.05) is 23.3 Å². The molecular formula is C27H27FN8O2. The lowest BCUT2D eigenvalue weighted by molar-refractivity contribution is 0.0930. The normalized spacial score (nSPS) is 13.8. The summed E-state index contributed by atoms with van der Waals surface area (Å²) in [7, 11) is 1.76. The molecule has 1 aliphatic heterocycles. The summed E-state index contributed by atoms with van der Waals surface area (Å²) < 4.78 is 15.1. The van der Waals surface area contributed by atoms with E-state index in [0.717, 1.165) is 18.5 Å². The van der Waals surface area contributed by atoms with Gasteiger partial charge in [-0.15, -0.1) is 10.2 Å². The van der Waals surface area contributed by atoms with Gasteiger partial charge in [-0.1, -0.05) is 12.1 Å². The number of halogens is 1. The quantitative estimate of drug-likeness (QED) is 0.405. The number of anilines is 2. The number of hydrogen-bond donors (Lipinski definition) is 2. The van der Waals surface area contributed by atoms with Gasteiger partial charge < -0.3 is 15.5 Å². The lowest BCUT2D eigenvalue weighted by Crippen LogP contribution is -2.45. The molecule has 1 aliphatic rings. The van der Waals surface area contributed by atoms with Crippen LogP contribution in [-0.2, 0) is 7.05 Å². The molecule has 1 saturated heterocycles. The lowest BCUT2D eigenvalue weighted by Gasteiger charge is -2.32. The summed E-state index contributed by atoms with van der Waals surface area (Å²) in [6.07, 6.45) is 2.99. The van der Waals surface area contributed by atoms with E-state index in [4.69, 9.17) is 0 Å². The summed E-state index contributed by atoms with van der Waals surface area (Å²) >= 11 is 0. The summed E-state index contributed by atoms with van der Waals surface area (Å²) in [4.78, 5) is 31.6. The highest BCUT2D eigenvalue weighted by atomic mass is 19.1. The van der Waals surface area contributed by atoms with E-state index in [1.165, 1.54) is 18.3 Å². The van der Waals surface area contributed by atoms with Crippen molar-refractivity contribution < 1.29 is 14.0 Å². The molecule has 2 amide bonds. The van der Waals surface area contributed by atoms with Crippen molar-refractivity contribution in [2.45, 2.75) is 25.8 Å². The summed E-state index contributed by atoms with van der Waals surface area (Å²) in [6, 6.07) is 14.8.